The second kappa shape index (κ2) is 5.60. The number of hydrogen-bond donors (Lipinski definition) is 1. The van der Waals surface area contributed by atoms with Crippen molar-refractivity contribution in [3.63, 3.8) is 0 Å². The molecule has 0 bridgehead atoms. The molecular formula is C16H21N5. The van der Waals surface area contributed by atoms with Gasteiger partial charge in [0.15, 0.2) is 0 Å². The molecular weight excluding hydrogens is 262 g/mol. The monoisotopic (exact) mass is 283 g/mol. The van der Waals surface area contributed by atoms with Crippen LogP contribution in [0, 0.1) is 0 Å². The zero-order valence-electron chi connectivity index (χ0n) is 12.7. The molecule has 2 aromatic heterocycles. The van der Waals surface area contributed by atoms with Gasteiger partial charge in [0.1, 0.15) is 5.82 Å². The number of fused-ring (bicyclic) bond motifs is 1. The second-order valence-electron chi connectivity index (χ2n) is 5.42. The van der Waals surface area contributed by atoms with Gasteiger partial charge in [-0.1, -0.05) is 12.1 Å². The Kier molecular flexibility index (Phi) is 3.64. The van der Waals surface area contributed by atoms with Gasteiger partial charge < -0.3 is 9.88 Å². The summed E-state index contributed by atoms with van der Waals surface area (Å²) in [4.78, 5) is 4.71. The predicted molar refractivity (Wildman–Crippen MR) is 85.3 cm³/mol. The van der Waals surface area contributed by atoms with E-state index in [-0.39, 0.29) is 0 Å². The van der Waals surface area contributed by atoms with E-state index in [1.807, 2.05) is 23.1 Å². The van der Waals surface area contributed by atoms with Gasteiger partial charge >= 0.3 is 0 Å². The number of imidazole rings is 1. The number of nitrogens with zero attached hydrogens (tertiary/aromatic N) is 4. The van der Waals surface area contributed by atoms with Crippen LogP contribution in [0.4, 0.5) is 5.69 Å². The van der Waals surface area contributed by atoms with Crippen LogP contribution in [0.15, 0.2) is 36.7 Å². The zero-order valence-corrected chi connectivity index (χ0v) is 12.7. The largest absolute Gasteiger partial charge is 0.375 e. The summed E-state index contributed by atoms with van der Waals surface area (Å²) in [6, 6.07) is 8.63. The quantitative estimate of drug-likeness (QED) is 0.780. The van der Waals surface area contributed by atoms with Crippen LogP contribution in [0.3, 0.4) is 0 Å². The molecule has 1 aromatic carbocycles. The van der Waals surface area contributed by atoms with Crippen LogP contribution in [0.1, 0.15) is 32.6 Å². The average Bonchev–Trinajstić information content (AvgIpc) is 3.09. The third-order valence-corrected chi connectivity index (χ3v) is 3.63. The van der Waals surface area contributed by atoms with Gasteiger partial charge in [0.05, 0.1) is 29.5 Å². The molecule has 0 saturated heterocycles. The van der Waals surface area contributed by atoms with Crippen molar-refractivity contribution in [2.24, 2.45) is 0 Å². The topological polar surface area (TPSA) is 47.7 Å². The van der Waals surface area contributed by atoms with Crippen molar-refractivity contribution < 1.29 is 0 Å². The molecule has 0 aliphatic heterocycles. The smallest absolute Gasteiger partial charge is 0.129 e. The summed E-state index contributed by atoms with van der Waals surface area (Å²) in [5.74, 6) is 1.05. The highest BCUT2D eigenvalue weighted by atomic mass is 15.3. The lowest BCUT2D eigenvalue weighted by atomic mass is 10.3. The molecule has 0 aliphatic carbocycles. The van der Waals surface area contributed by atoms with E-state index in [9.17, 15) is 0 Å². The Morgan fingerprint density at radius 2 is 2.05 bits per heavy atom. The third-order valence-electron chi connectivity index (χ3n) is 3.63. The van der Waals surface area contributed by atoms with E-state index in [1.165, 1.54) is 5.52 Å². The van der Waals surface area contributed by atoms with Crippen LogP contribution in [0.5, 0.6) is 0 Å². The lowest BCUT2D eigenvalue weighted by molar-refractivity contribution is 0.532. The van der Waals surface area contributed by atoms with Crippen molar-refractivity contribution in [1.29, 1.82) is 0 Å². The normalized spacial score (nSPS) is 11.4. The van der Waals surface area contributed by atoms with Gasteiger partial charge in [0.25, 0.3) is 0 Å². The van der Waals surface area contributed by atoms with Gasteiger partial charge in [-0.2, -0.15) is 5.10 Å². The third kappa shape index (κ3) is 2.63. The minimum absolute atomic E-state index is 0.376. The number of anilines is 1. The maximum absolute atomic E-state index is 4.71. The van der Waals surface area contributed by atoms with E-state index in [1.54, 1.807) is 0 Å². The van der Waals surface area contributed by atoms with Gasteiger partial charge in [-0.25, -0.2) is 4.98 Å². The van der Waals surface area contributed by atoms with Crippen LogP contribution in [0.25, 0.3) is 11.0 Å². The van der Waals surface area contributed by atoms with Crippen LogP contribution in [-0.4, -0.2) is 19.3 Å². The predicted octanol–water partition coefficient (Wildman–Crippen LogP) is 3.45. The molecule has 21 heavy (non-hydrogen) atoms. The van der Waals surface area contributed by atoms with Crippen molar-refractivity contribution in [2.45, 2.75) is 39.9 Å². The van der Waals surface area contributed by atoms with E-state index >= 15 is 0 Å². The van der Waals surface area contributed by atoms with E-state index < -0.39 is 0 Å². The lowest BCUT2D eigenvalue weighted by Gasteiger charge is -2.07. The lowest BCUT2D eigenvalue weighted by Crippen LogP contribution is -2.07. The molecule has 0 fully saturated rings. The van der Waals surface area contributed by atoms with Gasteiger partial charge in [-0.15, -0.1) is 0 Å². The van der Waals surface area contributed by atoms with E-state index in [0.717, 1.165) is 23.6 Å². The fraction of sp³-hybridized carbons (Fsp3) is 0.375. The van der Waals surface area contributed by atoms with Crippen molar-refractivity contribution in [2.75, 3.05) is 5.32 Å². The number of hydrogen-bond acceptors (Lipinski definition) is 3. The van der Waals surface area contributed by atoms with E-state index in [4.69, 9.17) is 4.98 Å². The molecule has 0 spiro atoms. The highest BCUT2D eigenvalue weighted by molar-refractivity contribution is 5.75. The first-order chi connectivity index (χ1) is 10.2. The molecule has 3 aromatic rings. The van der Waals surface area contributed by atoms with Gasteiger partial charge in [0.2, 0.25) is 0 Å². The fourth-order valence-electron chi connectivity index (χ4n) is 2.51. The van der Waals surface area contributed by atoms with Crippen molar-refractivity contribution in [1.82, 2.24) is 19.3 Å². The SMILES string of the molecule is CCn1c(CNc2cnn(C(C)C)c2)nc2ccccc21. The fourth-order valence-corrected chi connectivity index (χ4v) is 2.51. The minimum atomic E-state index is 0.376. The number of rotatable bonds is 5. The van der Waals surface area contributed by atoms with E-state index in [0.29, 0.717) is 12.6 Å². The first kappa shape index (κ1) is 13.7. The van der Waals surface area contributed by atoms with Crippen molar-refractivity contribution >= 4 is 16.7 Å². The summed E-state index contributed by atoms with van der Waals surface area (Å²) in [5, 5.41) is 7.75. The molecule has 5 nitrogen and oxygen atoms in total. The van der Waals surface area contributed by atoms with Gasteiger partial charge in [-0.05, 0) is 32.9 Å². The Morgan fingerprint density at radius 1 is 1.24 bits per heavy atom. The maximum atomic E-state index is 4.71. The Morgan fingerprint density at radius 3 is 2.76 bits per heavy atom. The second-order valence-corrected chi connectivity index (χ2v) is 5.42. The van der Waals surface area contributed by atoms with Crippen molar-refractivity contribution in [3.05, 3.63) is 42.5 Å². The summed E-state index contributed by atoms with van der Waals surface area (Å²) in [5.41, 5.74) is 3.27. The highest BCUT2D eigenvalue weighted by Crippen LogP contribution is 2.17. The molecule has 0 saturated carbocycles. The zero-order chi connectivity index (χ0) is 14.8. The summed E-state index contributed by atoms with van der Waals surface area (Å²) in [6.07, 6.45) is 3.89. The molecule has 110 valence electrons. The molecule has 0 atom stereocenters. The Hall–Kier alpha value is -2.30. The molecule has 3 rings (SSSR count). The number of nitrogens with one attached hydrogen (secondary N) is 1. The number of benzene rings is 1. The van der Waals surface area contributed by atoms with Crippen molar-refractivity contribution in [3.8, 4) is 0 Å². The van der Waals surface area contributed by atoms with Crippen LogP contribution in [-0.2, 0) is 13.1 Å². The molecule has 0 amide bonds. The highest BCUT2D eigenvalue weighted by Gasteiger charge is 2.09. The number of aryl methyl sites for hydroxylation is 1. The number of para-hydroxylation sites is 2. The molecule has 0 radical (unpaired) electrons. The molecule has 0 unspecified atom stereocenters. The summed E-state index contributed by atoms with van der Waals surface area (Å²) >= 11 is 0. The number of aromatic nitrogens is 4. The summed E-state index contributed by atoms with van der Waals surface area (Å²) in [7, 11) is 0. The van der Waals surface area contributed by atoms with Gasteiger partial charge in [-0.3, -0.25) is 4.68 Å². The van der Waals surface area contributed by atoms with Crippen LogP contribution in [0.2, 0.25) is 0 Å². The Bertz CT molecular complexity index is 738. The first-order valence-corrected chi connectivity index (χ1v) is 7.41. The average molecular weight is 283 g/mol. The molecule has 5 heteroatoms. The van der Waals surface area contributed by atoms with Crippen LogP contribution >= 0.6 is 0 Å². The maximum Gasteiger partial charge on any atom is 0.129 e. The Balaban J connectivity index is 1.81. The van der Waals surface area contributed by atoms with E-state index in [2.05, 4.69) is 54.0 Å². The van der Waals surface area contributed by atoms with Gasteiger partial charge in [0, 0.05) is 18.8 Å². The summed E-state index contributed by atoms with van der Waals surface area (Å²) < 4.78 is 4.19. The Labute approximate surface area is 124 Å². The minimum Gasteiger partial charge on any atom is -0.375 e. The molecule has 1 N–H and O–H groups in total. The standard InChI is InChI=1S/C16H21N5/c1-4-20-15-8-6-5-7-14(15)19-16(20)10-17-13-9-18-21(11-13)12(2)3/h5-9,11-12,17H,4,10H2,1-3H3. The molecule has 0 aliphatic rings. The first-order valence-electron chi connectivity index (χ1n) is 7.41. The van der Waals surface area contributed by atoms with Crippen LogP contribution < -0.4 is 5.32 Å². The summed E-state index contributed by atoms with van der Waals surface area (Å²) in [6.45, 7) is 8.00. The molecule has 2 heterocycles.